The fourth-order valence-electron chi connectivity index (χ4n) is 2.06. The van der Waals surface area contributed by atoms with Crippen LogP contribution in [0.4, 0.5) is 4.79 Å². The topological polar surface area (TPSA) is 64.1 Å². The van der Waals surface area contributed by atoms with E-state index in [1.165, 1.54) is 6.33 Å². The third kappa shape index (κ3) is 2.78. The largest absolute Gasteiger partial charge is 0.444 e. The average molecular weight is 249 g/mol. The number of carbonyl (C=O) groups is 1. The summed E-state index contributed by atoms with van der Waals surface area (Å²) in [6, 6.07) is 0. The van der Waals surface area contributed by atoms with Gasteiger partial charge in [0.1, 0.15) is 11.9 Å². The Hall–Kier alpha value is -1.65. The van der Waals surface area contributed by atoms with Crippen molar-refractivity contribution in [2.75, 3.05) is 0 Å². The van der Waals surface area contributed by atoms with Crippen LogP contribution in [-0.4, -0.2) is 21.7 Å². The second-order valence-electron chi connectivity index (χ2n) is 5.69. The van der Waals surface area contributed by atoms with Crippen LogP contribution in [0, 0.1) is 0 Å². The lowest BCUT2D eigenvalue weighted by Gasteiger charge is -2.42. The molecule has 98 valence electrons. The van der Waals surface area contributed by atoms with E-state index in [0.29, 0.717) is 0 Å². The SMILES string of the molecule is CC(C)(C)OC(=O)NC1(c2cncnc2)CCC1. The molecule has 2 rings (SSSR count). The maximum Gasteiger partial charge on any atom is 0.408 e. The Morgan fingerprint density at radius 3 is 2.39 bits per heavy atom. The van der Waals surface area contributed by atoms with Crippen molar-refractivity contribution in [2.24, 2.45) is 0 Å². The van der Waals surface area contributed by atoms with Crippen LogP contribution in [0.1, 0.15) is 45.6 Å². The first-order valence-electron chi connectivity index (χ1n) is 6.18. The molecule has 18 heavy (non-hydrogen) atoms. The average Bonchev–Trinajstić information content (AvgIpc) is 2.22. The molecule has 1 aromatic rings. The quantitative estimate of drug-likeness (QED) is 0.874. The van der Waals surface area contributed by atoms with E-state index in [4.69, 9.17) is 4.74 Å². The Labute approximate surface area is 107 Å². The van der Waals surface area contributed by atoms with E-state index in [1.54, 1.807) is 12.4 Å². The maximum absolute atomic E-state index is 11.9. The van der Waals surface area contributed by atoms with Gasteiger partial charge in [-0.2, -0.15) is 0 Å². The first kappa shape index (κ1) is 12.8. The van der Waals surface area contributed by atoms with E-state index in [9.17, 15) is 4.79 Å². The molecule has 1 aromatic heterocycles. The van der Waals surface area contributed by atoms with Crippen molar-refractivity contribution in [2.45, 2.75) is 51.2 Å². The third-order valence-electron chi connectivity index (χ3n) is 3.06. The van der Waals surface area contributed by atoms with Crippen molar-refractivity contribution < 1.29 is 9.53 Å². The highest BCUT2D eigenvalue weighted by molar-refractivity contribution is 5.69. The van der Waals surface area contributed by atoms with E-state index in [-0.39, 0.29) is 11.6 Å². The molecule has 1 fully saturated rings. The molecular weight excluding hydrogens is 230 g/mol. The Bertz CT molecular complexity index is 422. The molecule has 5 nitrogen and oxygen atoms in total. The Balaban J connectivity index is 2.08. The number of alkyl carbamates (subject to hydrolysis) is 1. The molecule has 0 unspecified atom stereocenters. The summed E-state index contributed by atoms with van der Waals surface area (Å²) in [5.74, 6) is 0. The van der Waals surface area contributed by atoms with Gasteiger partial charge in [0.25, 0.3) is 0 Å². The van der Waals surface area contributed by atoms with Crippen molar-refractivity contribution in [1.29, 1.82) is 0 Å². The van der Waals surface area contributed by atoms with Gasteiger partial charge in [0, 0.05) is 18.0 Å². The molecule has 1 heterocycles. The van der Waals surface area contributed by atoms with Gasteiger partial charge in [-0.15, -0.1) is 0 Å². The van der Waals surface area contributed by atoms with E-state index in [1.807, 2.05) is 20.8 Å². The Morgan fingerprint density at radius 1 is 1.33 bits per heavy atom. The van der Waals surface area contributed by atoms with Gasteiger partial charge in [-0.25, -0.2) is 14.8 Å². The predicted octanol–water partition coefficient (Wildman–Crippen LogP) is 2.38. The first-order chi connectivity index (χ1) is 8.41. The summed E-state index contributed by atoms with van der Waals surface area (Å²) in [5.41, 5.74) is 0.119. The molecular formula is C13H19N3O2. The molecule has 1 saturated carbocycles. The normalized spacial score (nSPS) is 17.7. The number of ether oxygens (including phenoxy) is 1. The number of hydrogen-bond acceptors (Lipinski definition) is 4. The van der Waals surface area contributed by atoms with Gasteiger partial charge < -0.3 is 10.1 Å². The zero-order valence-electron chi connectivity index (χ0n) is 11.1. The van der Waals surface area contributed by atoms with E-state index in [0.717, 1.165) is 24.8 Å². The zero-order valence-corrected chi connectivity index (χ0v) is 11.1. The van der Waals surface area contributed by atoms with Gasteiger partial charge in [-0.05, 0) is 40.0 Å². The van der Waals surface area contributed by atoms with Crippen LogP contribution in [0.15, 0.2) is 18.7 Å². The zero-order chi connectivity index (χ0) is 13.2. The van der Waals surface area contributed by atoms with Crippen LogP contribution < -0.4 is 5.32 Å². The van der Waals surface area contributed by atoms with Gasteiger partial charge in [-0.3, -0.25) is 0 Å². The summed E-state index contributed by atoms with van der Waals surface area (Å²) in [6.45, 7) is 5.56. The fourth-order valence-corrected chi connectivity index (χ4v) is 2.06. The summed E-state index contributed by atoms with van der Waals surface area (Å²) in [7, 11) is 0. The molecule has 0 bridgehead atoms. The molecule has 0 spiro atoms. The second kappa shape index (κ2) is 4.55. The molecule has 0 atom stereocenters. The molecule has 1 aliphatic carbocycles. The Kier molecular flexibility index (Phi) is 3.24. The predicted molar refractivity (Wildman–Crippen MR) is 66.9 cm³/mol. The fraction of sp³-hybridized carbons (Fsp3) is 0.615. The number of nitrogens with one attached hydrogen (secondary N) is 1. The van der Waals surface area contributed by atoms with Gasteiger partial charge in [-0.1, -0.05) is 0 Å². The molecule has 0 radical (unpaired) electrons. The molecule has 1 N–H and O–H groups in total. The number of carbonyl (C=O) groups excluding carboxylic acids is 1. The summed E-state index contributed by atoms with van der Waals surface area (Å²) in [5, 5.41) is 2.96. The minimum Gasteiger partial charge on any atom is -0.444 e. The van der Waals surface area contributed by atoms with Crippen molar-refractivity contribution >= 4 is 6.09 Å². The van der Waals surface area contributed by atoms with Crippen molar-refractivity contribution in [1.82, 2.24) is 15.3 Å². The summed E-state index contributed by atoms with van der Waals surface area (Å²) >= 11 is 0. The van der Waals surface area contributed by atoms with Crippen LogP contribution in [-0.2, 0) is 10.3 Å². The molecule has 1 amide bonds. The van der Waals surface area contributed by atoms with Crippen LogP contribution in [0.2, 0.25) is 0 Å². The first-order valence-corrected chi connectivity index (χ1v) is 6.18. The third-order valence-corrected chi connectivity index (χ3v) is 3.06. The lowest BCUT2D eigenvalue weighted by atomic mass is 9.73. The number of aromatic nitrogens is 2. The number of amides is 1. The smallest absolute Gasteiger partial charge is 0.408 e. The number of hydrogen-bond donors (Lipinski definition) is 1. The highest BCUT2D eigenvalue weighted by Crippen LogP contribution is 2.40. The molecule has 0 aromatic carbocycles. The second-order valence-corrected chi connectivity index (χ2v) is 5.69. The summed E-state index contributed by atoms with van der Waals surface area (Å²) in [4.78, 5) is 19.9. The van der Waals surface area contributed by atoms with E-state index >= 15 is 0 Å². The standard InChI is InChI=1S/C13H19N3O2/c1-12(2,3)18-11(17)16-13(5-4-6-13)10-7-14-9-15-8-10/h7-9H,4-6H2,1-3H3,(H,16,17). The van der Waals surface area contributed by atoms with Gasteiger partial charge in [0.15, 0.2) is 0 Å². The number of nitrogens with zero attached hydrogens (tertiary/aromatic N) is 2. The van der Waals surface area contributed by atoms with Crippen LogP contribution in [0.3, 0.4) is 0 Å². The maximum atomic E-state index is 11.9. The van der Waals surface area contributed by atoms with Crippen LogP contribution in [0.5, 0.6) is 0 Å². The van der Waals surface area contributed by atoms with Crippen LogP contribution in [0.25, 0.3) is 0 Å². The minimum atomic E-state index is -0.484. The van der Waals surface area contributed by atoms with Gasteiger partial charge in [0.05, 0.1) is 5.54 Å². The molecule has 1 aliphatic rings. The summed E-state index contributed by atoms with van der Waals surface area (Å²) < 4.78 is 5.30. The Morgan fingerprint density at radius 2 is 1.94 bits per heavy atom. The molecule has 5 heteroatoms. The molecule has 0 aliphatic heterocycles. The summed E-state index contributed by atoms with van der Waals surface area (Å²) in [6.07, 6.45) is 7.51. The van der Waals surface area contributed by atoms with Gasteiger partial charge >= 0.3 is 6.09 Å². The van der Waals surface area contributed by atoms with Gasteiger partial charge in [0.2, 0.25) is 0 Å². The van der Waals surface area contributed by atoms with E-state index < -0.39 is 5.60 Å². The van der Waals surface area contributed by atoms with Crippen molar-refractivity contribution in [3.63, 3.8) is 0 Å². The lowest BCUT2D eigenvalue weighted by Crippen LogP contribution is -2.52. The highest BCUT2D eigenvalue weighted by Gasteiger charge is 2.41. The monoisotopic (exact) mass is 249 g/mol. The van der Waals surface area contributed by atoms with Crippen molar-refractivity contribution in [3.05, 3.63) is 24.3 Å². The lowest BCUT2D eigenvalue weighted by molar-refractivity contribution is 0.0376. The van der Waals surface area contributed by atoms with Crippen LogP contribution >= 0.6 is 0 Å². The highest BCUT2D eigenvalue weighted by atomic mass is 16.6. The van der Waals surface area contributed by atoms with Crippen molar-refractivity contribution in [3.8, 4) is 0 Å². The van der Waals surface area contributed by atoms with E-state index in [2.05, 4.69) is 15.3 Å². The minimum absolute atomic E-state index is 0.344. The molecule has 0 saturated heterocycles. The number of rotatable bonds is 2.